The molecule has 0 saturated heterocycles. The Balaban J connectivity index is 3.80. The number of carboxylic acid groups (broad SMARTS) is 1. The van der Waals surface area contributed by atoms with Gasteiger partial charge in [0, 0.05) is 6.04 Å². The highest BCUT2D eigenvalue weighted by Gasteiger charge is 2.12. The minimum Gasteiger partial charge on any atom is -0.480 e. The normalized spacial score (nSPS) is 15.5. The van der Waals surface area contributed by atoms with Crippen LogP contribution in [0.3, 0.4) is 0 Å². The maximum atomic E-state index is 10.4. The summed E-state index contributed by atoms with van der Waals surface area (Å²) in [4.78, 5) is 10.4. The van der Waals surface area contributed by atoms with Gasteiger partial charge in [0.05, 0.1) is 0 Å². The van der Waals surface area contributed by atoms with Gasteiger partial charge in [-0.15, -0.1) is 6.58 Å². The van der Waals surface area contributed by atoms with Crippen molar-refractivity contribution < 1.29 is 9.90 Å². The molecule has 64 valence electrons. The molecular formula is C8H15NO2. The van der Waals surface area contributed by atoms with Crippen LogP contribution in [0.25, 0.3) is 0 Å². The molecule has 0 aromatic carbocycles. The Hall–Kier alpha value is -0.830. The fourth-order valence-corrected chi connectivity index (χ4v) is 0.745. The van der Waals surface area contributed by atoms with Gasteiger partial charge < -0.3 is 5.11 Å². The van der Waals surface area contributed by atoms with Gasteiger partial charge in [-0.05, 0) is 13.3 Å². The fourth-order valence-electron chi connectivity index (χ4n) is 0.745. The SMILES string of the molecule is C=CC(CC)NC(C)C(=O)O. The van der Waals surface area contributed by atoms with Crippen molar-refractivity contribution in [2.75, 3.05) is 0 Å². The maximum absolute atomic E-state index is 10.4. The van der Waals surface area contributed by atoms with Gasteiger partial charge >= 0.3 is 5.97 Å². The Morgan fingerprint density at radius 3 is 2.64 bits per heavy atom. The predicted octanol–water partition coefficient (Wildman–Crippen LogP) is 1.01. The molecule has 0 aliphatic rings. The van der Waals surface area contributed by atoms with Gasteiger partial charge in [-0.1, -0.05) is 13.0 Å². The molecule has 0 aromatic rings. The fraction of sp³-hybridized carbons (Fsp3) is 0.625. The lowest BCUT2D eigenvalue weighted by molar-refractivity contribution is -0.139. The summed E-state index contributed by atoms with van der Waals surface area (Å²) >= 11 is 0. The highest BCUT2D eigenvalue weighted by molar-refractivity contribution is 5.72. The molecule has 3 heteroatoms. The third-order valence-electron chi connectivity index (χ3n) is 1.56. The first-order valence-corrected chi connectivity index (χ1v) is 3.73. The number of aliphatic carboxylic acids is 1. The Morgan fingerprint density at radius 2 is 2.36 bits per heavy atom. The molecule has 0 rings (SSSR count). The van der Waals surface area contributed by atoms with E-state index >= 15 is 0 Å². The van der Waals surface area contributed by atoms with E-state index in [1.807, 2.05) is 6.92 Å². The minimum absolute atomic E-state index is 0.0982. The molecule has 0 bridgehead atoms. The Morgan fingerprint density at radius 1 is 1.82 bits per heavy atom. The standard InChI is InChI=1S/C8H15NO2/c1-4-7(5-2)9-6(3)8(10)11/h4,6-7,9H,1,5H2,2-3H3,(H,10,11). The summed E-state index contributed by atoms with van der Waals surface area (Å²) in [6.07, 6.45) is 2.58. The average Bonchev–Trinajstić information content (AvgIpc) is 1.99. The van der Waals surface area contributed by atoms with E-state index in [2.05, 4.69) is 11.9 Å². The molecule has 0 aromatic heterocycles. The average molecular weight is 157 g/mol. The van der Waals surface area contributed by atoms with Crippen LogP contribution in [-0.2, 0) is 4.79 Å². The minimum atomic E-state index is -0.828. The van der Waals surface area contributed by atoms with Crippen molar-refractivity contribution in [1.29, 1.82) is 0 Å². The van der Waals surface area contributed by atoms with E-state index in [1.54, 1.807) is 13.0 Å². The second-order valence-electron chi connectivity index (χ2n) is 2.48. The van der Waals surface area contributed by atoms with E-state index in [0.717, 1.165) is 6.42 Å². The van der Waals surface area contributed by atoms with Crippen LogP contribution in [0.5, 0.6) is 0 Å². The van der Waals surface area contributed by atoms with E-state index < -0.39 is 12.0 Å². The molecule has 11 heavy (non-hydrogen) atoms. The number of rotatable bonds is 5. The number of hydrogen-bond acceptors (Lipinski definition) is 2. The van der Waals surface area contributed by atoms with E-state index in [4.69, 9.17) is 5.11 Å². The number of hydrogen-bond donors (Lipinski definition) is 2. The van der Waals surface area contributed by atoms with E-state index in [-0.39, 0.29) is 6.04 Å². The van der Waals surface area contributed by atoms with Crippen molar-refractivity contribution in [3.63, 3.8) is 0 Å². The monoisotopic (exact) mass is 157 g/mol. The van der Waals surface area contributed by atoms with Crippen LogP contribution < -0.4 is 5.32 Å². The topological polar surface area (TPSA) is 49.3 Å². The van der Waals surface area contributed by atoms with Gasteiger partial charge in [0.15, 0.2) is 0 Å². The summed E-state index contributed by atoms with van der Waals surface area (Å²) in [7, 11) is 0. The van der Waals surface area contributed by atoms with Crippen molar-refractivity contribution in [3.05, 3.63) is 12.7 Å². The maximum Gasteiger partial charge on any atom is 0.320 e. The van der Waals surface area contributed by atoms with E-state index in [1.165, 1.54) is 0 Å². The summed E-state index contributed by atoms with van der Waals surface area (Å²) < 4.78 is 0. The van der Waals surface area contributed by atoms with Gasteiger partial charge in [0.25, 0.3) is 0 Å². The molecule has 0 saturated carbocycles. The van der Waals surface area contributed by atoms with Gasteiger partial charge in [-0.2, -0.15) is 0 Å². The molecule has 0 aliphatic carbocycles. The number of carboxylic acids is 1. The van der Waals surface area contributed by atoms with Crippen LogP contribution in [0, 0.1) is 0 Å². The van der Waals surface area contributed by atoms with Crippen molar-refractivity contribution >= 4 is 5.97 Å². The highest BCUT2D eigenvalue weighted by atomic mass is 16.4. The summed E-state index contributed by atoms with van der Waals surface area (Å²) in [5.41, 5.74) is 0. The zero-order valence-electron chi connectivity index (χ0n) is 7.00. The molecule has 3 nitrogen and oxygen atoms in total. The van der Waals surface area contributed by atoms with Crippen LogP contribution >= 0.6 is 0 Å². The third-order valence-corrected chi connectivity index (χ3v) is 1.56. The Bertz CT molecular complexity index is 145. The summed E-state index contributed by atoms with van der Waals surface area (Å²) in [5.74, 6) is -0.828. The van der Waals surface area contributed by atoms with Gasteiger partial charge in [0.2, 0.25) is 0 Å². The van der Waals surface area contributed by atoms with Gasteiger partial charge in [-0.25, -0.2) is 0 Å². The Labute approximate surface area is 67.1 Å². The lowest BCUT2D eigenvalue weighted by Gasteiger charge is -2.15. The smallest absolute Gasteiger partial charge is 0.320 e. The summed E-state index contributed by atoms with van der Waals surface area (Å²) in [6, 6.07) is -0.404. The zero-order valence-corrected chi connectivity index (χ0v) is 7.00. The van der Waals surface area contributed by atoms with Crippen LogP contribution in [0.15, 0.2) is 12.7 Å². The van der Waals surface area contributed by atoms with Crippen molar-refractivity contribution in [1.82, 2.24) is 5.32 Å². The number of carbonyl (C=O) groups is 1. The second-order valence-corrected chi connectivity index (χ2v) is 2.48. The first-order valence-electron chi connectivity index (χ1n) is 3.73. The lowest BCUT2D eigenvalue weighted by Crippen LogP contribution is -2.39. The summed E-state index contributed by atoms with van der Waals surface area (Å²) in [6.45, 7) is 7.19. The first kappa shape index (κ1) is 10.2. The van der Waals surface area contributed by atoms with Gasteiger partial charge in [-0.3, -0.25) is 10.1 Å². The van der Waals surface area contributed by atoms with Crippen molar-refractivity contribution in [2.45, 2.75) is 32.4 Å². The second kappa shape index (κ2) is 4.91. The molecular weight excluding hydrogens is 142 g/mol. The van der Waals surface area contributed by atoms with Crippen LogP contribution in [-0.4, -0.2) is 23.2 Å². The molecule has 2 unspecified atom stereocenters. The lowest BCUT2D eigenvalue weighted by atomic mass is 10.2. The molecule has 0 spiro atoms. The molecule has 0 amide bonds. The molecule has 0 radical (unpaired) electrons. The predicted molar refractivity (Wildman–Crippen MR) is 44.5 cm³/mol. The molecule has 2 atom stereocenters. The van der Waals surface area contributed by atoms with Crippen LogP contribution in [0.1, 0.15) is 20.3 Å². The molecule has 0 aliphatic heterocycles. The molecule has 2 N–H and O–H groups in total. The van der Waals surface area contributed by atoms with Gasteiger partial charge in [0.1, 0.15) is 6.04 Å². The van der Waals surface area contributed by atoms with Crippen molar-refractivity contribution in [3.8, 4) is 0 Å². The van der Waals surface area contributed by atoms with E-state index in [9.17, 15) is 4.79 Å². The molecule has 0 fully saturated rings. The quantitative estimate of drug-likeness (QED) is 0.586. The first-order chi connectivity index (χ1) is 5.11. The molecule has 0 heterocycles. The van der Waals surface area contributed by atoms with Crippen molar-refractivity contribution in [2.24, 2.45) is 0 Å². The largest absolute Gasteiger partial charge is 0.480 e. The van der Waals surface area contributed by atoms with Crippen LogP contribution in [0.2, 0.25) is 0 Å². The third kappa shape index (κ3) is 3.78. The zero-order chi connectivity index (χ0) is 8.85. The van der Waals surface area contributed by atoms with E-state index in [0.29, 0.717) is 0 Å². The number of nitrogens with one attached hydrogen (secondary N) is 1. The van der Waals surface area contributed by atoms with Crippen LogP contribution in [0.4, 0.5) is 0 Å². The highest BCUT2D eigenvalue weighted by Crippen LogP contribution is 1.93. The summed E-state index contributed by atoms with van der Waals surface area (Å²) in [5, 5.41) is 11.4. The Kier molecular flexibility index (Phi) is 4.54.